The van der Waals surface area contributed by atoms with E-state index in [4.69, 9.17) is 29.9 Å². The monoisotopic (exact) mass is 653 g/mol. The Morgan fingerprint density at radius 2 is 1.76 bits per heavy atom. The molecule has 3 amide bonds. The standard InChI is InChI=1S/C34H47N5O6S/c1-17(2)22-16-46-30(37-22)21-14-24(20-12-13-23(43-11)18(3)26(20)36-21)44-25-15-39(27(19(25)4)29(35)40)31(41)28(33(5,6)7)38-32(42)45-34(8,9)10/h12-14,16-17,19,25,27-28H,15H2,1-11H3,(H2,35,40)(H,38,42)/t19-,25+,27+,28-/m1/s1. The van der Waals surface area contributed by atoms with Crippen LogP contribution in [0.1, 0.15) is 79.5 Å². The SMILES string of the molecule is COc1ccc2c(O[C@H]3CN(C(=O)[C@@H](NC(=O)OC(C)(C)C)C(C)(C)C)[C@H](C(N)=O)[C@@H]3C)cc(-c3nc(C(C)C)cs3)nc2c1C. The number of likely N-dealkylation sites (tertiary alicyclic amines) is 1. The van der Waals surface area contributed by atoms with Crippen LogP contribution in [0, 0.1) is 18.3 Å². The number of nitrogens with one attached hydrogen (secondary N) is 1. The third kappa shape index (κ3) is 7.37. The molecule has 0 unspecified atom stereocenters. The van der Waals surface area contributed by atoms with E-state index in [-0.39, 0.29) is 12.5 Å². The van der Waals surface area contributed by atoms with E-state index in [0.29, 0.717) is 22.7 Å². The topological polar surface area (TPSA) is 146 Å². The van der Waals surface area contributed by atoms with Crippen LogP contribution in [-0.4, -0.2) is 70.2 Å². The van der Waals surface area contributed by atoms with Gasteiger partial charge in [-0.25, -0.2) is 14.8 Å². The molecule has 1 aliphatic rings. The molecule has 12 heteroatoms. The Labute approximate surface area is 275 Å². The number of aromatic nitrogens is 2. The Morgan fingerprint density at radius 3 is 2.30 bits per heavy atom. The molecule has 11 nitrogen and oxygen atoms in total. The molecule has 4 rings (SSSR count). The van der Waals surface area contributed by atoms with Gasteiger partial charge < -0.3 is 30.2 Å². The molecular weight excluding hydrogens is 606 g/mol. The van der Waals surface area contributed by atoms with Crippen molar-refractivity contribution < 1.29 is 28.6 Å². The van der Waals surface area contributed by atoms with E-state index >= 15 is 0 Å². The van der Waals surface area contributed by atoms with Gasteiger partial charge in [0.05, 0.1) is 24.9 Å². The molecule has 0 spiro atoms. The van der Waals surface area contributed by atoms with E-state index in [9.17, 15) is 14.4 Å². The van der Waals surface area contributed by atoms with Crippen LogP contribution in [-0.2, 0) is 14.3 Å². The maximum atomic E-state index is 14.1. The predicted molar refractivity (Wildman–Crippen MR) is 179 cm³/mol. The number of rotatable bonds is 8. The Balaban J connectivity index is 1.73. The highest BCUT2D eigenvalue weighted by Gasteiger charge is 2.49. The largest absolute Gasteiger partial charge is 0.496 e. The zero-order valence-electron chi connectivity index (χ0n) is 28.7. The first kappa shape index (κ1) is 34.9. The third-order valence-electron chi connectivity index (χ3n) is 8.12. The molecule has 0 radical (unpaired) electrons. The zero-order valence-corrected chi connectivity index (χ0v) is 29.5. The molecule has 3 heterocycles. The van der Waals surface area contributed by atoms with Crippen LogP contribution >= 0.6 is 11.3 Å². The summed E-state index contributed by atoms with van der Waals surface area (Å²) >= 11 is 1.51. The number of amides is 3. The van der Waals surface area contributed by atoms with Crippen LogP contribution in [0.5, 0.6) is 11.5 Å². The fourth-order valence-electron chi connectivity index (χ4n) is 5.62. The molecule has 3 N–H and O–H groups in total. The second kappa shape index (κ2) is 13.1. The minimum atomic E-state index is -0.987. The van der Waals surface area contributed by atoms with Gasteiger partial charge in [0.2, 0.25) is 11.8 Å². The minimum absolute atomic E-state index is 0.0826. The molecule has 0 aliphatic carbocycles. The summed E-state index contributed by atoms with van der Waals surface area (Å²) < 4.78 is 17.7. The maximum absolute atomic E-state index is 14.1. The number of aryl methyl sites for hydroxylation is 1. The van der Waals surface area contributed by atoms with Gasteiger partial charge in [-0.3, -0.25) is 9.59 Å². The van der Waals surface area contributed by atoms with Gasteiger partial charge in [-0.2, -0.15) is 0 Å². The number of carbonyl (C=O) groups is 3. The maximum Gasteiger partial charge on any atom is 0.408 e. The van der Waals surface area contributed by atoms with E-state index in [0.717, 1.165) is 21.7 Å². The highest BCUT2D eigenvalue weighted by molar-refractivity contribution is 7.13. The average molecular weight is 654 g/mol. The molecular formula is C34H47N5O6S. The number of nitrogens with zero attached hydrogens (tertiary/aromatic N) is 3. The quantitative estimate of drug-likeness (QED) is 0.309. The number of methoxy groups -OCH3 is 1. The van der Waals surface area contributed by atoms with Crippen LogP contribution < -0.4 is 20.5 Å². The fourth-order valence-corrected chi connectivity index (χ4v) is 6.57. The summed E-state index contributed by atoms with van der Waals surface area (Å²) in [6.07, 6.45) is -1.31. The molecule has 1 aromatic carbocycles. The lowest BCUT2D eigenvalue weighted by molar-refractivity contribution is -0.141. The van der Waals surface area contributed by atoms with E-state index in [1.54, 1.807) is 27.9 Å². The molecule has 0 saturated carbocycles. The summed E-state index contributed by atoms with van der Waals surface area (Å²) in [6.45, 7) is 18.8. The van der Waals surface area contributed by atoms with E-state index < -0.39 is 53.0 Å². The molecule has 1 aliphatic heterocycles. The Morgan fingerprint density at radius 1 is 1.09 bits per heavy atom. The summed E-state index contributed by atoms with van der Waals surface area (Å²) in [6, 6.07) is 3.67. The van der Waals surface area contributed by atoms with Crippen LogP contribution in [0.25, 0.3) is 21.6 Å². The first-order chi connectivity index (χ1) is 21.3. The van der Waals surface area contributed by atoms with Crippen molar-refractivity contribution in [1.82, 2.24) is 20.2 Å². The number of alkyl carbamates (subject to hydrolysis) is 1. The number of carbonyl (C=O) groups excluding carboxylic acids is 3. The van der Waals surface area contributed by atoms with Crippen molar-refractivity contribution in [1.29, 1.82) is 0 Å². The number of benzene rings is 1. The predicted octanol–water partition coefficient (Wildman–Crippen LogP) is 5.82. The fraction of sp³-hybridized carbons (Fsp3) is 0.559. The lowest BCUT2D eigenvalue weighted by atomic mass is 9.85. The molecule has 3 aromatic rings. The highest BCUT2D eigenvalue weighted by Crippen LogP contribution is 2.39. The number of nitrogens with two attached hydrogens (primary N) is 1. The van der Waals surface area contributed by atoms with Gasteiger partial charge in [0.1, 0.15) is 46.0 Å². The van der Waals surface area contributed by atoms with Crippen LogP contribution in [0.2, 0.25) is 0 Å². The van der Waals surface area contributed by atoms with Crippen molar-refractivity contribution in [3.8, 4) is 22.2 Å². The van der Waals surface area contributed by atoms with Crippen LogP contribution in [0.4, 0.5) is 4.79 Å². The molecule has 1 fully saturated rings. The molecule has 1 saturated heterocycles. The first-order valence-corrected chi connectivity index (χ1v) is 16.4. The summed E-state index contributed by atoms with van der Waals surface area (Å²) in [7, 11) is 1.61. The number of primary amides is 1. The van der Waals surface area contributed by atoms with Crippen molar-refractivity contribution in [2.45, 2.75) is 98.9 Å². The smallest absolute Gasteiger partial charge is 0.408 e. The van der Waals surface area contributed by atoms with Gasteiger partial charge in [0.15, 0.2) is 0 Å². The lowest BCUT2D eigenvalue weighted by Gasteiger charge is -2.35. The van der Waals surface area contributed by atoms with E-state index in [1.165, 1.54) is 16.2 Å². The Bertz CT molecular complexity index is 1620. The Hall–Kier alpha value is -3.93. The molecule has 250 valence electrons. The van der Waals surface area contributed by atoms with Crippen LogP contribution in [0.15, 0.2) is 23.6 Å². The summed E-state index contributed by atoms with van der Waals surface area (Å²) in [5, 5.41) is 6.28. The zero-order chi connectivity index (χ0) is 34.3. The summed E-state index contributed by atoms with van der Waals surface area (Å²) in [5.74, 6) is -0.0525. The van der Waals surface area contributed by atoms with Gasteiger partial charge in [-0.1, -0.05) is 41.5 Å². The van der Waals surface area contributed by atoms with Crippen molar-refractivity contribution in [2.75, 3.05) is 13.7 Å². The highest BCUT2D eigenvalue weighted by atomic mass is 32.1. The first-order valence-electron chi connectivity index (χ1n) is 15.5. The number of hydrogen-bond donors (Lipinski definition) is 2. The molecule has 46 heavy (non-hydrogen) atoms. The van der Waals surface area contributed by atoms with Gasteiger partial charge in [0, 0.05) is 28.3 Å². The molecule has 2 aromatic heterocycles. The second-order valence-corrected chi connectivity index (χ2v) is 15.2. The number of fused-ring (bicyclic) bond motifs is 1. The number of ether oxygens (including phenoxy) is 3. The van der Waals surface area contributed by atoms with E-state index in [1.807, 2.05) is 58.2 Å². The third-order valence-corrected chi connectivity index (χ3v) is 9.01. The van der Waals surface area contributed by atoms with Gasteiger partial charge >= 0.3 is 6.09 Å². The van der Waals surface area contributed by atoms with Gasteiger partial charge in [0.25, 0.3) is 0 Å². The number of hydrogen-bond acceptors (Lipinski definition) is 9. The summed E-state index contributed by atoms with van der Waals surface area (Å²) in [4.78, 5) is 51.0. The number of pyridine rings is 1. The van der Waals surface area contributed by atoms with Crippen molar-refractivity contribution in [3.05, 3.63) is 34.8 Å². The summed E-state index contributed by atoms with van der Waals surface area (Å²) in [5.41, 5.74) is 7.62. The van der Waals surface area contributed by atoms with Crippen molar-refractivity contribution in [3.63, 3.8) is 0 Å². The average Bonchev–Trinajstić information content (AvgIpc) is 3.56. The van der Waals surface area contributed by atoms with E-state index in [2.05, 4.69) is 19.2 Å². The normalized spacial score (nSPS) is 19.3. The molecule has 4 atom stereocenters. The minimum Gasteiger partial charge on any atom is -0.496 e. The van der Waals surface area contributed by atoms with Crippen molar-refractivity contribution >= 4 is 40.1 Å². The number of thiazole rings is 1. The Kier molecular flexibility index (Phi) is 9.91. The van der Waals surface area contributed by atoms with Crippen LogP contribution in [0.3, 0.4) is 0 Å². The van der Waals surface area contributed by atoms with Gasteiger partial charge in [-0.05, 0) is 51.2 Å². The lowest BCUT2D eigenvalue weighted by Crippen LogP contribution is -2.58. The second-order valence-electron chi connectivity index (χ2n) is 14.3. The molecule has 0 bridgehead atoms. The van der Waals surface area contributed by atoms with Crippen molar-refractivity contribution in [2.24, 2.45) is 17.1 Å². The van der Waals surface area contributed by atoms with Gasteiger partial charge in [-0.15, -0.1) is 11.3 Å².